The van der Waals surface area contributed by atoms with Crippen LogP contribution in [0.2, 0.25) is 0 Å². The van der Waals surface area contributed by atoms with E-state index in [4.69, 9.17) is 0 Å². The van der Waals surface area contributed by atoms with Crippen molar-refractivity contribution in [3.63, 3.8) is 0 Å². The van der Waals surface area contributed by atoms with E-state index in [0.29, 0.717) is 6.04 Å². The van der Waals surface area contributed by atoms with Crippen molar-refractivity contribution in [3.05, 3.63) is 0 Å². The van der Waals surface area contributed by atoms with Gasteiger partial charge in [-0.25, -0.2) is 4.79 Å². The molecule has 0 saturated carbocycles. The molecule has 23 heavy (non-hydrogen) atoms. The summed E-state index contributed by atoms with van der Waals surface area (Å²) in [6, 6.07) is 0.522. The van der Waals surface area contributed by atoms with Gasteiger partial charge in [-0.05, 0) is 38.6 Å². The highest BCUT2D eigenvalue weighted by Gasteiger charge is 2.33. The lowest BCUT2D eigenvalue weighted by Gasteiger charge is -2.36. The molecular formula is C16H29ClN4O2. The van der Waals surface area contributed by atoms with Gasteiger partial charge in [-0.1, -0.05) is 0 Å². The third-order valence-electron chi connectivity index (χ3n) is 5.42. The molecule has 0 spiro atoms. The van der Waals surface area contributed by atoms with Crippen LogP contribution in [0.1, 0.15) is 32.1 Å². The molecule has 1 atom stereocenters. The summed E-state index contributed by atoms with van der Waals surface area (Å²) in [6.45, 7) is 5.16. The minimum Gasteiger partial charge on any atom is -0.341 e. The van der Waals surface area contributed by atoms with E-state index in [0.717, 1.165) is 71.4 Å². The van der Waals surface area contributed by atoms with Crippen molar-refractivity contribution in [1.82, 2.24) is 20.0 Å². The van der Waals surface area contributed by atoms with Gasteiger partial charge >= 0.3 is 6.03 Å². The van der Waals surface area contributed by atoms with Crippen molar-refractivity contribution >= 4 is 24.3 Å². The van der Waals surface area contributed by atoms with Crippen LogP contribution in [-0.4, -0.2) is 79.0 Å². The highest BCUT2D eigenvalue weighted by atomic mass is 35.5. The number of nitrogens with zero attached hydrogens (tertiary/aromatic N) is 3. The summed E-state index contributed by atoms with van der Waals surface area (Å²) < 4.78 is 0. The molecule has 3 fully saturated rings. The molecule has 0 radical (unpaired) electrons. The van der Waals surface area contributed by atoms with Crippen LogP contribution >= 0.6 is 12.4 Å². The van der Waals surface area contributed by atoms with Crippen molar-refractivity contribution < 1.29 is 9.59 Å². The maximum Gasteiger partial charge on any atom is 0.319 e. The lowest BCUT2D eigenvalue weighted by Crippen LogP contribution is -2.49. The van der Waals surface area contributed by atoms with Crippen molar-refractivity contribution in [2.75, 3.05) is 46.3 Å². The fourth-order valence-electron chi connectivity index (χ4n) is 3.86. The average Bonchev–Trinajstić information content (AvgIpc) is 3.26. The van der Waals surface area contributed by atoms with Crippen LogP contribution in [0.15, 0.2) is 0 Å². The molecule has 0 aliphatic carbocycles. The normalized spacial score (nSPS) is 25.3. The summed E-state index contributed by atoms with van der Waals surface area (Å²) in [5, 5.41) is 3.31. The number of amides is 3. The molecule has 1 unspecified atom stereocenters. The number of halogens is 1. The molecule has 1 N–H and O–H groups in total. The Balaban J connectivity index is 0.00000192. The Bertz CT molecular complexity index is 414. The lowest BCUT2D eigenvalue weighted by molar-refractivity contribution is -0.137. The van der Waals surface area contributed by atoms with E-state index in [9.17, 15) is 9.59 Å². The molecule has 0 aromatic carbocycles. The number of hydrogen-bond acceptors (Lipinski definition) is 3. The molecule has 0 bridgehead atoms. The first-order valence-electron chi connectivity index (χ1n) is 8.68. The van der Waals surface area contributed by atoms with Gasteiger partial charge in [0.15, 0.2) is 0 Å². The van der Waals surface area contributed by atoms with Crippen LogP contribution in [0.25, 0.3) is 0 Å². The SMILES string of the molecule is CN(C(=O)C1CCN(C(=O)N2CCCC2)CC1)C1CCNC1.Cl. The standard InChI is InChI=1S/C16H28N4O2.ClH/c1-18(14-4-7-17-12-14)15(21)13-5-10-20(11-6-13)16(22)19-8-2-3-9-19;/h13-14,17H,2-12H2,1H3;1H. The Hall–Kier alpha value is -1.01. The molecule has 3 saturated heterocycles. The van der Waals surface area contributed by atoms with Crippen LogP contribution in [0.5, 0.6) is 0 Å². The molecule has 3 aliphatic rings. The third-order valence-corrected chi connectivity index (χ3v) is 5.42. The average molecular weight is 345 g/mol. The van der Waals surface area contributed by atoms with Gasteiger partial charge in [0.2, 0.25) is 5.91 Å². The zero-order valence-electron chi connectivity index (χ0n) is 14.0. The second-order valence-corrected chi connectivity index (χ2v) is 6.83. The Morgan fingerprint density at radius 2 is 1.61 bits per heavy atom. The quantitative estimate of drug-likeness (QED) is 0.817. The van der Waals surface area contributed by atoms with Crippen molar-refractivity contribution in [1.29, 1.82) is 0 Å². The van der Waals surface area contributed by atoms with E-state index in [1.165, 1.54) is 0 Å². The zero-order valence-corrected chi connectivity index (χ0v) is 14.8. The minimum absolute atomic E-state index is 0. The lowest BCUT2D eigenvalue weighted by atomic mass is 9.95. The molecule has 6 nitrogen and oxygen atoms in total. The van der Waals surface area contributed by atoms with Gasteiger partial charge in [0.1, 0.15) is 0 Å². The number of carbonyl (C=O) groups excluding carboxylic acids is 2. The Morgan fingerprint density at radius 3 is 2.17 bits per heavy atom. The van der Waals surface area contributed by atoms with E-state index in [1.54, 1.807) is 0 Å². The van der Waals surface area contributed by atoms with E-state index in [-0.39, 0.29) is 30.3 Å². The fraction of sp³-hybridized carbons (Fsp3) is 0.875. The summed E-state index contributed by atoms with van der Waals surface area (Å²) >= 11 is 0. The molecule has 132 valence electrons. The Kier molecular flexibility index (Phi) is 6.53. The van der Waals surface area contributed by atoms with Gasteiger partial charge in [0.05, 0.1) is 0 Å². The first kappa shape index (κ1) is 18.3. The molecule has 3 rings (SSSR count). The van der Waals surface area contributed by atoms with Gasteiger partial charge in [-0.2, -0.15) is 0 Å². The van der Waals surface area contributed by atoms with Crippen molar-refractivity contribution in [2.24, 2.45) is 5.92 Å². The van der Waals surface area contributed by atoms with Gasteiger partial charge in [-0.15, -0.1) is 12.4 Å². The highest BCUT2D eigenvalue weighted by Crippen LogP contribution is 2.23. The number of carbonyl (C=O) groups is 2. The highest BCUT2D eigenvalue weighted by molar-refractivity contribution is 5.85. The summed E-state index contributed by atoms with van der Waals surface area (Å²) in [5.74, 6) is 0.357. The van der Waals surface area contributed by atoms with E-state index < -0.39 is 0 Å². The second-order valence-electron chi connectivity index (χ2n) is 6.83. The molecule has 3 heterocycles. The van der Waals surface area contributed by atoms with Crippen LogP contribution < -0.4 is 5.32 Å². The summed E-state index contributed by atoms with van der Waals surface area (Å²) in [7, 11) is 1.93. The van der Waals surface area contributed by atoms with E-state index >= 15 is 0 Å². The first-order chi connectivity index (χ1) is 10.7. The van der Waals surface area contributed by atoms with Gasteiger partial charge in [0, 0.05) is 51.7 Å². The maximum absolute atomic E-state index is 12.6. The molecule has 3 aliphatic heterocycles. The zero-order chi connectivity index (χ0) is 15.5. The smallest absolute Gasteiger partial charge is 0.319 e. The predicted octanol–water partition coefficient (Wildman–Crippen LogP) is 1.16. The first-order valence-corrected chi connectivity index (χ1v) is 8.68. The van der Waals surface area contributed by atoms with E-state index in [2.05, 4.69) is 5.32 Å². The van der Waals surface area contributed by atoms with Gasteiger partial charge < -0.3 is 20.0 Å². The second kappa shape index (κ2) is 8.20. The molecule has 0 aromatic heterocycles. The number of likely N-dealkylation sites (N-methyl/N-ethyl adjacent to an activating group) is 1. The molecule has 7 heteroatoms. The Labute approximate surface area is 145 Å². The van der Waals surface area contributed by atoms with Crippen molar-refractivity contribution in [3.8, 4) is 0 Å². The number of hydrogen-bond donors (Lipinski definition) is 1. The van der Waals surface area contributed by atoms with Gasteiger partial charge in [-0.3, -0.25) is 4.79 Å². The summed E-state index contributed by atoms with van der Waals surface area (Å²) in [5.41, 5.74) is 0. The monoisotopic (exact) mass is 344 g/mol. The largest absolute Gasteiger partial charge is 0.341 e. The number of rotatable bonds is 2. The summed E-state index contributed by atoms with van der Waals surface area (Å²) in [4.78, 5) is 30.8. The summed E-state index contributed by atoms with van der Waals surface area (Å²) in [6.07, 6.45) is 4.92. The minimum atomic E-state index is 0. The molecule has 3 amide bonds. The van der Waals surface area contributed by atoms with Gasteiger partial charge in [0.25, 0.3) is 0 Å². The van der Waals surface area contributed by atoms with Crippen LogP contribution in [0.4, 0.5) is 4.79 Å². The number of nitrogens with one attached hydrogen (secondary N) is 1. The van der Waals surface area contributed by atoms with Crippen LogP contribution in [0.3, 0.4) is 0 Å². The van der Waals surface area contributed by atoms with Crippen molar-refractivity contribution in [2.45, 2.75) is 38.1 Å². The topological polar surface area (TPSA) is 55.9 Å². The van der Waals surface area contributed by atoms with E-state index in [1.807, 2.05) is 21.7 Å². The molecule has 0 aromatic rings. The number of likely N-dealkylation sites (tertiary alicyclic amines) is 2. The maximum atomic E-state index is 12.6. The number of piperidine rings is 1. The van der Waals surface area contributed by atoms with Crippen LogP contribution in [-0.2, 0) is 4.79 Å². The Morgan fingerprint density at radius 1 is 1.00 bits per heavy atom. The third kappa shape index (κ3) is 4.10. The van der Waals surface area contributed by atoms with Crippen LogP contribution in [0, 0.1) is 5.92 Å². The fourth-order valence-corrected chi connectivity index (χ4v) is 3.86. The number of urea groups is 1. The predicted molar refractivity (Wildman–Crippen MR) is 91.8 cm³/mol. The molecular weight excluding hydrogens is 316 g/mol.